The normalized spacial score (nSPS) is 10.0. The fourth-order valence-corrected chi connectivity index (χ4v) is 1.76. The Kier molecular flexibility index (Phi) is 4.25. The van der Waals surface area contributed by atoms with Crippen molar-refractivity contribution in [2.24, 2.45) is 5.84 Å². The molecule has 0 spiro atoms. The molecule has 0 atom stereocenters. The van der Waals surface area contributed by atoms with Gasteiger partial charge in [0.1, 0.15) is 6.33 Å². The standard InChI is InChI=1S/C7H11N5O2S/c1-2-3-15-7-5(12(13)14)6(11-8)9-4-10-7/h4H,2-3,8H2,1H3,(H,9,10,11). The van der Waals surface area contributed by atoms with Crippen molar-refractivity contribution in [3.8, 4) is 0 Å². The van der Waals surface area contributed by atoms with Gasteiger partial charge in [0.2, 0.25) is 5.82 Å². The molecular weight excluding hydrogens is 218 g/mol. The molecule has 1 heterocycles. The van der Waals surface area contributed by atoms with E-state index >= 15 is 0 Å². The third kappa shape index (κ3) is 2.77. The number of nitrogens with one attached hydrogen (secondary N) is 1. The van der Waals surface area contributed by atoms with Gasteiger partial charge >= 0.3 is 5.69 Å². The van der Waals surface area contributed by atoms with Crippen LogP contribution in [0.2, 0.25) is 0 Å². The molecule has 0 aliphatic carbocycles. The number of anilines is 1. The van der Waals surface area contributed by atoms with Crippen molar-refractivity contribution in [3.05, 3.63) is 16.4 Å². The van der Waals surface area contributed by atoms with Crippen molar-refractivity contribution in [1.29, 1.82) is 0 Å². The van der Waals surface area contributed by atoms with E-state index in [1.54, 1.807) is 0 Å². The van der Waals surface area contributed by atoms with Crippen LogP contribution in [0.1, 0.15) is 13.3 Å². The van der Waals surface area contributed by atoms with Crippen molar-refractivity contribution in [3.63, 3.8) is 0 Å². The van der Waals surface area contributed by atoms with Gasteiger partial charge in [0, 0.05) is 0 Å². The molecule has 15 heavy (non-hydrogen) atoms. The fraction of sp³-hybridized carbons (Fsp3) is 0.429. The number of nitrogens with two attached hydrogens (primary N) is 1. The van der Waals surface area contributed by atoms with Gasteiger partial charge in [-0.15, -0.1) is 0 Å². The van der Waals surface area contributed by atoms with Gasteiger partial charge in [-0.3, -0.25) is 10.1 Å². The Morgan fingerprint density at radius 1 is 1.67 bits per heavy atom. The molecule has 0 saturated heterocycles. The lowest BCUT2D eigenvalue weighted by Gasteiger charge is -2.03. The lowest BCUT2D eigenvalue weighted by atomic mass is 10.5. The van der Waals surface area contributed by atoms with E-state index in [1.165, 1.54) is 18.1 Å². The predicted molar refractivity (Wildman–Crippen MR) is 57.5 cm³/mol. The van der Waals surface area contributed by atoms with E-state index < -0.39 is 4.92 Å². The zero-order valence-corrected chi connectivity index (χ0v) is 8.95. The molecule has 0 bridgehead atoms. The van der Waals surface area contributed by atoms with E-state index in [4.69, 9.17) is 5.84 Å². The molecule has 1 rings (SSSR count). The first kappa shape index (κ1) is 11.7. The molecule has 1 aromatic heterocycles. The highest BCUT2D eigenvalue weighted by molar-refractivity contribution is 7.99. The molecule has 0 saturated carbocycles. The van der Waals surface area contributed by atoms with Crippen LogP contribution in [0.4, 0.5) is 11.5 Å². The zero-order valence-electron chi connectivity index (χ0n) is 8.14. The molecular formula is C7H11N5O2S. The van der Waals surface area contributed by atoms with Crippen molar-refractivity contribution in [1.82, 2.24) is 9.97 Å². The summed E-state index contributed by atoms with van der Waals surface area (Å²) in [5, 5.41) is 11.1. The van der Waals surface area contributed by atoms with Crippen molar-refractivity contribution in [2.75, 3.05) is 11.2 Å². The Bertz CT molecular complexity index is 359. The number of hydrogen-bond donors (Lipinski definition) is 2. The summed E-state index contributed by atoms with van der Waals surface area (Å²) in [6, 6.07) is 0. The molecule has 0 fully saturated rings. The summed E-state index contributed by atoms with van der Waals surface area (Å²) >= 11 is 1.32. The van der Waals surface area contributed by atoms with E-state index in [0.29, 0.717) is 5.03 Å². The highest BCUT2D eigenvalue weighted by atomic mass is 32.2. The minimum absolute atomic E-state index is 0.0357. The molecule has 0 radical (unpaired) electrons. The number of rotatable bonds is 5. The second-order valence-corrected chi connectivity index (χ2v) is 3.71. The van der Waals surface area contributed by atoms with E-state index in [9.17, 15) is 10.1 Å². The predicted octanol–water partition coefficient (Wildman–Crippen LogP) is 1.17. The van der Waals surface area contributed by atoms with Gasteiger partial charge in [0.15, 0.2) is 5.03 Å². The van der Waals surface area contributed by atoms with Gasteiger partial charge in [-0.25, -0.2) is 15.8 Å². The van der Waals surface area contributed by atoms with Gasteiger partial charge in [0.05, 0.1) is 4.92 Å². The zero-order chi connectivity index (χ0) is 11.3. The molecule has 82 valence electrons. The van der Waals surface area contributed by atoms with Crippen molar-refractivity contribution < 1.29 is 4.92 Å². The third-order valence-corrected chi connectivity index (χ3v) is 2.74. The Morgan fingerprint density at radius 2 is 2.40 bits per heavy atom. The van der Waals surface area contributed by atoms with Gasteiger partial charge in [-0.1, -0.05) is 18.7 Å². The topological polar surface area (TPSA) is 107 Å². The molecule has 0 amide bonds. The van der Waals surface area contributed by atoms with Crippen LogP contribution >= 0.6 is 11.8 Å². The summed E-state index contributed by atoms with van der Waals surface area (Å²) in [6.45, 7) is 1.99. The maximum absolute atomic E-state index is 10.8. The van der Waals surface area contributed by atoms with Gasteiger partial charge in [-0.2, -0.15) is 0 Å². The van der Waals surface area contributed by atoms with Crippen LogP contribution in [-0.2, 0) is 0 Å². The van der Waals surface area contributed by atoms with Crippen LogP contribution in [0.25, 0.3) is 0 Å². The molecule has 0 unspecified atom stereocenters. The molecule has 3 N–H and O–H groups in total. The van der Waals surface area contributed by atoms with Crippen LogP contribution in [-0.4, -0.2) is 20.6 Å². The summed E-state index contributed by atoms with van der Waals surface area (Å²) in [5.41, 5.74) is 2.02. The van der Waals surface area contributed by atoms with Crippen LogP contribution in [0.15, 0.2) is 11.4 Å². The van der Waals surface area contributed by atoms with E-state index in [2.05, 4.69) is 15.4 Å². The Labute approximate surface area is 90.6 Å². The summed E-state index contributed by atoms with van der Waals surface area (Å²) in [5.74, 6) is 5.93. The van der Waals surface area contributed by atoms with Gasteiger partial charge < -0.3 is 5.43 Å². The average molecular weight is 229 g/mol. The summed E-state index contributed by atoms with van der Waals surface area (Å²) in [6.07, 6.45) is 2.16. The van der Waals surface area contributed by atoms with E-state index in [1.807, 2.05) is 6.92 Å². The Morgan fingerprint density at radius 3 is 2.93 bits per heavy atom. The lowest BCUT2D eigenvalue weighted by Crippen LogP contribution is -2.12. The quantitative estimate of drug-likeness (QED) is 0.256. The van der Waals surface area contributed by atoms with Crippen LogP contribution in [0.3, 0.4) is 0 Å². The number of nitrogen functional groups attached to an aromatic ring is 1. The fourth-order valence-electron chi connectivity index (χ4n) is 0.937. The smallest absolute Gasteiger partial charge is 0.303 e. The number of hydrogen-bond acceptors (Lipinski definition) is 7. The van der Waals surface area contributed by atoms with Gasteiger partial charge in [-0.05, 0) is 12.2 Å². The first-order valence-corrected chi connectivity index (χ1v) is 5.28. The monoisotopic (exact) mass is 229 g/mol. The SMILES string of the molecule is CCCSc1ncnc(NN)c1[N+](=O)[O-]. The number of nitro groups is 1. The largest absolute Gasteiger partial charge is 0.344 e. The number of thioether (sulfide) groups is 1. The van der Waals surface area contributed by atoms with Gasteiger partial charge in [0.25, 0.3) is 0 Å². The second-order valence-electron chi connectivity index (χ2n) is 2.63. The third-order valence-electron chi connectivity index (χ3n) is 1.55. The molecule has 7 nitrogen and oxygen atoms in total. The Hall–Kier alpha value is -1.41. The first-order valence-electron chi connectivity index (χ1n) is 4.29. The molecule has 1 aromatic rings. The highest BCUT2D eigenvalue weighted by Gasteiger charge is 2.22. The minimum atomic E-state index is -0.535. The maximum Gasteiger partial charge on any atom is 0.344 e. The Balaban J connectivity index is 3.07. The van der Waals surface area contributed by atoms with Crippen LogP contribution < -0.4 is 11.3 Å². The number of hydrazine groups is 1. The van der Waals surface area contributed by atoms with Crippen molar-refractivity contribution in [2.45, 2.75) is 18.4 Å². The molecule has 8 heteroatoms. The first-order chi connectivity index (χ1) is 7.20. The lowest BCUT2D eigenvalue weighted by molar-refractivity contribution is -0.387. The molecule has 0 aromatic carbocycles. The molecule has 0 aliphatic rings. The summed E-state index contributed by atoms with van der Waals surface area (Å²) in [4.78, 5) is 17.8. The van der Waals surface area contributed by atoms with Crippen LogP contribution in [0.5, 0.6) is 0 Å². The average Bonchev–Trinajstić information content (AvgIpc) is 2.25. The molecule has 0 aliphatic heterocycles. The number of aromatic nitrogens is 2. The van der Waals surface area contributed by atoms with Crippen molar-refractivity contribution >= 4 is 23.3 Å². The second kappa shape index (κ2) is 5.47. The van der Waals surface area contributed by atoms with Crippen LogP contribution in [0, 0.1) is 10.1 Å². The number of nitrogens with zero attached hydrogens (tertiary/aromatic N) is 3. The highest BCUT2D eigenvalue weighted by Crippen LogP contribution is 2.31. The van der Waals surface area contributed by atoms with E-state index in [-0.39, 0.29) is 11.5 Å². The summed E-state index contributed by atoms with van der Waals surface area (Å²) < 4.78 is 0. The maximum atomic E-state index is 10.8. The van der Waals surface area contributed by atoms with E-state index in [0.717, 1.165) is 12.2 Å². The minimum Gasteiger partial charge on any atom is -0.303 e. The summed E-state index contributed by atoms with van der Waals surface area (Å²) in [7, 11) is 0.